The lowest BCUT2D eigenvalue weighted by molar-refractivity contribution is -0.881. The monoisotopic (exact) mass is 399 g/mol. The molecule has 2 amide bonds. The van der Waals surface area contributed by atoms with E-state index in [0.29, 0.717) is 18.0 Å². The number of hydrogen-bond donors (Lipinski definition) is 3. The van der Waals surface area contributed by atoms with E-state index in [0.717, 1.165) is 12.1 Å². The van der Waals surface area contributed by atoms with E-state index >= 15 is 0 Å². The van der Waals surface area contributed by atoms with Crippen molar-refractivity contribution in [2.75, 3.05) is 31.5 Å². The molecule has 0 spiro atoms. The smallest absolute Gasteiger partial charge is 0.351 e. The maximum atomic E-state index is 13.1. The number of carbonyl (C=O) groups excluding carboxylic acids is 2. The summed E-state index contributed by atoms with van der Waals surface area (Å²) in [6.07, 6.45) is -2.01. The Morgan fingerprint density at radius 3 is 2.46 bits per heavy atom. The molecule has 2 rings (SSSR count). The van der Waals surface area contributed by atoms with Crippen LogP contribution in [0.5, 0.6) is 0 Å². The van der Waals surface area contributed by atoms with Crippen LogP contribution < -0.4 is 15.5 Å². The number of nitrogens with zero attached hydrogens (tertiary/aromatic N) is 3. The second-order valence-corrected chi connectivity index (χ2v) is 6.03. The fourth-order valence-corrected chi connectivity index (χ4v) is 2.57. The highest BCUT2D eigenvalue weighted by Crippen LogP contribution is 2.33. The largest absolute Gasteiger partial charge is 0.416 e. The summed E-state index contributed by atoms with van der Waals surface area (Å²) in [6.45, 7) is 4.61. The molecule has 0 radical (unpaired) electrons. The van der Waals surface area contributed by atoms with Crippen LogP contribution in [0, 0.1) is 0 Å². The minimum absolute atomic E-state index is 0.0428. The molecule has 8 nitrogen and oxygen atoms in total. The van der Waals surface area contributed by atoms with Crippen LogP contribution in [0.3, 0.4) is 0 Å². The van der Waals surface area contributed by atoms with E-state index in [1.165, 1.54) is 23.4 Å². The number of carbonyl (C=O) groups is 2. The van der Waals surface area contributed by atoms with Gasteiger partial charge in [0.2, 0.25) is 0 Å². The Morgan fingerprint density at radius 1 is 1.18 bits per heavy atom. The number of likely N-dealkylation sites (N-methyl/N-ethyl adjacent to an activating group) is 2. The standard InChI is InChI=1S/C17H21F3N6O2/c1-3-22-15(27)8-25(4-2)9-16(28)24-13-7-12(17(18,19)20)5-6-14(13)26-11-21-10-23-26/h5-7,10-11H,3-4,8-9H2,1-2H3,(H,22,27)(H,24,28)/p+1. The number of amides is 2. The molecule has 0 aliphatic rings. The number of quaternary nitrogens is 1. The van der Waals surface area contributed by atoms with E-state index in [9.17, 15) is 22.8 Å². The van der Waals surface area contributed by atoms with Crippen molar-refractivity contribution in [3.05, 3.63) is 36.4 Å². The van der Waals surface area contributed by atoms with Gasteiger partial charge in [-0.15, -0.1) is 0 Å². The highest BCUT2D eigenvalue weighted by Gasteiger charge is 2.31. The average Bonchev–Trinajstić information content (AvgIpc) is 3.14. The number of halogens is 3. The number of anilines is 1. The lowest BCUT2D eigenvalue weighted by Gasteiger charge is -2.18. The number of benzene rings is 1. The molecule has 0 saturated carbocycles. The molecule has 11 heteroatoms. The summed E-state index contributed by atoms with van der Waals surface area (Å²) in [5.74, 6) is -0.712. The predicted octanol–water partition coefficient (Wildman–Crippen LogP) is 0.266. The molecule has 1 atom stereocenters. The number of hydrogen-bond acceptors (Lipinski definition) is 4. The number of rotatable bonds is 8. The molecule has 0 bridgehead atoms. The molecule has 0 aliphatic heterocycles. The van der Waals surface area contributed by atoms with E-state index in [1.807, 2.05) is 6.92 Å². The first kappa shape index (κ1) is 21.4. The van der Waals surface area contributed by atoms with Gasteiger partial charge in [0.25, 0.3) is 11.8 Å². The van der Waals surface area contributed by atoms with Crippen LogP contribution in [0.25, 0.3) is 5.69 Å². The van der Waals surface area contributed by atoms with Crippen molar-refractivity contribution in [3.63, 3.8) is 0 Å². The summed E-state index contributed by atoms with van der Waals surface area (Å²) in [6, 6.07) is 2.97. The third-order valence-corrected chi connectivity index (χ3v) is 3.96. The quantitative estimate of drug-likeness (QED) is 0.594. The molecule has 0 fully saturated rings. The van der Waals surface area contributed by atoms with E-state index < -0.39 is 17.6 Å². The lowest BCUT2D eigenvalue weighted by atomic mass is 10.1. The van der Waals surface area contributed by atoms with Crippen LogP contribution in [-0.2, 0) is 15.8 Å². The molecule has 1 heterocycles. The number of nitrogens with one attached hydrogen (secondary N) is 3. The van der Waals surface area contributed by atoms with Crippen molar-refractivity contribution >= 4 is 17.5 Å². The van der Waals surface area contributed by atoms with Gasteiger partial charge < -0.3 is 15.5 Å². The van der Waals surface area contributed by atoms with Crippen molar-refractivity contribution in [2.24, 2.45) is 0 Å². The Labute approximate surface area is 159 Å². The van der Waals surface area contributed by atoms with Crippen LogP contribution in [0.15, 0.2) is 30.9 Å². The zero-order valence-corrected chi connectivity index (χ0v) is 15.5. The highest BCUT2D eigenvalue weighted by molar-refractivity contribution is 5.93. The fraction of sp³-hybridized carbons (Fsp3) is 0.412. The molecular weight excluding hydrogens is 377 g/mol. The zero-order chi connectivity index (χ0) is 20.7. The molecule has 3 N–H and O–H groups in total. The van der Waals surface area contributed by atoms with Gasteiger partial charge in [-0.25, -0.2) is 9.67 Å². The Kier molecular flexibility index (Phi) is 7.10. The third-order valence-electron chi connectivity index (χ3n) is 3.96. The summed E-state index contributed by atoms with van der Waals surface area (Å²) < 4.78 is 40.5. The van der Waals surface area contributed by atoms with E-state index in [-0.39, 0.29) is 30.4 Å². The molecule has 1 aromatic carbocycles. The minimum atomic E-state index is -4.56. The maximum absolute atomic E-state index is 13.1. The van der Waals surface area contributed by atoms with E-state index in [2.05, 4.69) is 20.7 Å². The van der Waals surface area contributed by atoms with Crippen molar-refractivity contribution in [1.82, 2.24) is 20.1 Å². The zero-order valence-electron chi connectivity index (χ0n) is 15.5. The van der Waals surface area contributed by atoms with Gasteiger partial charge in [-0.1, -0.05) is 0 Å². The van der Waals surface area contributed by atoms with Crippen LogP contribution in [0.1, 0.15) is 19.4 Å². The Balaban J connectivity index is 2.20. The number of alkyl halides is 3. The first-order valence-electron chi connectivity index (χ1n) is 8.71. The van der Waals surface area contributed by atoms with Crippen molar-refractivity contribution in [1.29, 1.82) is 0 Å². The summed E-state index contributed by atoms with van der Waals surface area (Å²) in [5.41, 5.74) is -0.687. The second kappa shape index (κ2) is 9.31. The highest BCUT2D eigenvalue weighted by atomic mass is 19.4. The maximum Gasteiger partial charge on any atom is 0.416 e. The normalized spacial score (nSPS) is 12.5. The first-order chi connectivity index (χ1) is 13.2. The lowest BCUT2D eigenvalue weighted by Crippen LogP contribution is -3.14. The van der Waals surface area contributed by atoms with Gasteiger partial charge >= 0.3 is 6.18 Å². The van der Waals surface area contributed by atoms with Crippen LogP contribution in [0.4, 0.5) is 18.9 Å². The van der Waals surface area contributed by atoms with Gasteiger partial charge in [-0.3, -0.25) is 9.59 Å². The molecule has 28 heavy (non-hydrogen) atoms. The summed E-state index contributed by atoms with van der Waals surface area (Å²) in [5, 5.41) is 9.05. The first-order valence-corrected chi connectivity index (χ1v) is 8.71. The Hall–Kier alpha value is -2.95. The number of aromatic nitrogens is 3. The van der Waals surface area contributed by atoms with Crippen molar-refractivity contribution < 1.29 is 27.7 Å². The molecule has 0 saturated heterocycles. The van der Waals surface area contributed by atoms with Gasteiger partial charge in [-0.05, 0) is 32.0 Å². The van der Waals surface area contributed by atoms with Crippen LogP contribution in [-0.4, -0.2) is 52.8 Å². The van der Waals surface area contributed by atoms with Crippen molar-refractivity contribution in [2.45, 2.75) is 20.0 Å². The molecule has 0 aliphatic carbocycles. The minimum Gasteiger partial charge on any atom is -0.351 e. The van der Waals surface area contributed by atoms with E-state index in [4.69, 9.17) is 0 Å². The molecule has 152 valence electrons. The van der Waals surface area contributed by atoms with Crippen molar-refractivity contribution in [3.8, 4) is 5.69 Å². The van der Waals surface area contributed by atoms with Gasteiger partial charge in [0.05, 0.1) is 23.5 Å². The average molecular weight is 399 g/mol. The molecular formula is C17H22F3N6O2+. The molecule has 1 aromatic heterocycles. The van der Waals surface area contributed by atoms with Gasteiger partial charge in [0, 0.05) is 6.54 Å². The summed E-state index contributed by atoms with van der Waals surface area (Å²) >= 11 is 0. The second-order valence-electron chi connectivity index (χ2n) is 6.03. The van der Waals surface area contributed by atoms with Gasteiger partial charge in [0.1, 0.15) is 12.7 Å². The van der Waals surface area contributed by atoms with Crippen LogP contribution in [0.2, 0.25) is 0 Å². The Bertz CT molecular complexity index is 808. The Morgan fingerprint density at radius 2 is 1.89 bits per heavy atom. The summed E-state index contributed by atoms with van der Waals surface area (Å²) in [7, 11) is 0. The SMILES string of the molecule is CCNC(=O)C[NH+](CC)CC(=O)Nc1cc(C(F)(F)F)ccc1-n1cncn1. The molecule has 1 unspecified atom stereocenters. The van der Waals surface area contributed by atoms with E-state index in [1.54, 1.807) is 6.92 Å². The molecule has 2 aromatic rings. The predicted molar refractivity (Wildman–Crippen MR) is 94.9 cm³/mol. The topological polar surface area (TPSA) is 93.3 Å². The summed E-state index contributed by atoms with van der Waals surface area (Å²) in [4.78, 5) is 28.6. The van der Waals surface area contributed by atoms with Crippen LogP contribution >= 0.6 is 0 Å². The van der Waals surface area contributed by atoms with Gasteiger partial charge in [0.15, 0.2) is 13.1 Å². The fourth-order valence-electron chi connectivity index (χ4n) is 2.57. The third kappa shape index (κ3) is 5.78. The van der Waals surface area contributed by atoms with Gasteiger partial charge in [-0.2, -0.15) is 18.3 Å².